The maximum absolute atomic E-state index is 12.2. The molecule has 1 aromatic heterocycles. The van der Waals surface area contributed by atoms with Gasteiger partial charge in [-0.05, 0) is 12.1 Å². The molecule has 0 fully saturated rings. The average molecular weight is 212 g/mol. The molecule has 2 rings (SSSR count). The second-order valence-corrected chi connectivity index (χ2v) is 3.01. The van der Waals surface area contributed by atoms with E-state index >= 15 is 0 Å². The monoisotopic (exact) mass is 212 g/mol. The second kappa shape index (κ2) is 3.45. The van der Waals surface area contributed by atoms with Crippen LogP contribution in [0.3, 0.4) is 0 Å². The highest BCUT2D eigenvalue weighted by Gasteiger charge is 2.30. The molecule has 0 aliphatic rings. The van der Waals surface area contributed by atoms with Gasteiger partial charge in [-0.15, -0.1) is 0 Å². The first-order chi connectivity index (χ1) is 7.07. The first-order valence-corrected chi connectivity index (χ1v) is 4.28. The van der Waals surface area contributed by atoms with E-state index in [-0.39, 0.29) is 5.89 Å². The molecule has 15 heavy (non-hydrogen) atoms. The van der Waals surface area contributed by atoms with E-state index in [2.05, 4.69) is 9.40 Å². The third kappa shape index (κ3) is 2.03. The molecule has 6 heteroatoms. The number of oxazole rings is 1. The van der Waals surface area contributed by atoms with Crippen LogP contribution in [0.25, 0.3) is 11.5 Å². The van der Waals surface area contributed by atoms with Crippen LogP contribution in [0.4, 0.5) is 12.9 Å². The van der Waals surface area contributed by atoms with Crippen LogP contribution in [0.1, 0.15) is 0 Å². The number of hydrogen-bond donors (Lipinski definition) is 0. The first-order valence-electron chi connectivity index (χ1n) is 4.28. The van der Waals surface area contributed by atoms with Crippen LogP contribution in [0.2, 0.25) is 0 Å². The van der Waals surface area contributed by atoms with E-state index in [9.17, 15) is 12.9 Å². The van der Waals surface area contributed by atoms with E-state index in [4.69, 9.17) is 0 Å². The van der Waals surface area contributed by atoms with E-state index < -0.39 is 12.6 Å². The Kier molecular flexibility index (Phi) is 2.26. The van der Waals surface area contributed by atoms with E-state index in [0.29, 0.717) is 11.8 Å². The molecule has 0 saturated carbocycles. The van der Waals surface area contributed by atoms with Crippen molar-refractivity contribution in [1.82, 2.24) is 4.98 Å². The van der Waals surface area contributed by atoms with E-state index in [1.54, 1.807) is 30.3 Å². The minimum atomic E-state index is -5.11. The normalized spacial score (nSPS) is 11.7. The van der Waals surface area contributed by atoms with Gasteiger partial charge in [0.05, 0.1) is 5.66 Å². The molecular formula is C9H6BF3NO-. The van der Waals surface area contributed by atoms with Crippen molar-refractivity contribution in [2.24, 2.45) is 0 Å². The highest BCUT2D eigenvalue weighted by atomic mass is 19.4. The van der Waals surface area contributed by atoms with Crippen molar-refractivity contribution in [3.63, 3.8) is 0 Å². The largest absolute Gasteiger partial charge is 0.546 e. The summed E-state index contributed by atoms with van der Waals surface area (Å²) in [5.41, 5.74) is -0.488. The molecular weight excluding hydrogens is 206 g/mol. The predicted octanol–water partition coefficient (Wildman–Crippen LogP) is 2.40. The average Bonchev–Trinajstić information content (AvgIpc) is 2.67. The Morgan fingerprint density at radius 1 is 1.07 bits per heavy atom. The van der Waals surface area contributed by atoms with Gasteiger partial charge in [-0.1, -0.05) is 18.2 Å². The van der Waals surface area contributed by atoms with Gasteiger partial charge in [0.1, 0.15) is 0 Å². The van der Waals surface area contributed by atoms with Gasteiger partial charge in [-0.3, -0.25) is 0 Å². The molecule has 78 valence electrons. The number of halogens is 3. The molecule has 0 saturated heterocycles. The number of rotatable bonds is 2. The maximum Gasteiger partial charge on any atom is 0.546 e. The highest BCUT2D eigenvalue weighted by Crippen LogP contribution is 2.18. The maximum atomic E-state index is 12.2. The molecule has 0 radical (unpaired) electrons. The van der Waals surface area contributed by atoms with Crippen LogP contribution < -0.4 is 5.66 Å². The van der Waals surface area contributed by atoms with Crippen LogP contribution >= 0.6 is 0 Å². The lowest BCUT2D eigenvalue weighted by Gasteiger charge is -2.08. The summed E-state index contributed by atoms with van der Waals surface area (Å²) in [5.74, 6) is -0.00944. The first kappa shape index (κ1) is 9.83. The zero-order chi connectivity index (χ0) is 10.9. The van der Waals surface area contributed by atoms with E-state index in [1.165, 1.54) is 0 Å². The number of nitrogens with zero attached hydrogens (tertiary/aromatic N) is 1. The van der Waals surface area contributed by atoms with Gasteiger partial charge in [-0.25, -0.2) is 4.98 Å². The lowest BCUT2D eigenvalue weighted by molar-refractivity contribution is 0.467. The zero-order valence-corrected chi connectivity index (χ0v) is 7.53. The molecule has 2 nitrogen and oxygen atoms in total. The van der Waals surface area contributed by atoms with E-state index in [1.807, 2.05) is 0 Å². The highest BCUT2D eigenvalue weighted by molar-refractivity contribution is 6.72. The minimum absolute atomic E-state index is 0.00944. The molecule has 0 amide bonds. The Labute approximate surface area is 83.8 Å². The molecule has 0 spiro atoms. The van der Waals surface area contributed by atoms with Crippen LogP contribution in [0, 0.1) is 0 Å². The van der Waals surface area contributed by atoms with Crippen molar-refractivity contribution >= 4 is 12.6 Å². The van der Waals surface area contributed by atoms with Crippen molar-refractivity contribution in [3.8, 4) is 11.5 Å². The van der Waals surface area contributed by atoms with Crippen LogP contribution in [0.5, 0.6) is 0 Å². The lowest BCUT2D eigenvalue weighted by atomic mass is 9.89. The summed E-state index contributed by atoms with van der Waals surface area (Å²) >= 11 is 0. The molecule has 0 N–H and O–H groups in total. The molecule has 0 bridgehead atoms. The van der Waals surface area contributed by atoms with Gasteiger partial charge in [0, 0.05) is 11.8 Å². The van der Waals surface area contributed by atoms with Gasteiger partial charge in [-0.2, -0.15) is 0 Å². The van der Waals surface area contributed by atoms with Gasteiger partial charge >= 0.3 is 6.98 Å². The standard InChI is InChI=1S/C9H6BF3NO/c11-10(12,13)8-6-14-9(15-8)7-4-2-1-3-5-7/h1-6H/q-1. The Morgan fingerprint density at radius 3 is 2.27 bits per heavy atom. The van der Waals surface area contributed by atoms with Gasteiger partial charge < -0.3 is 17.4 Å². The minimum Gasteiger partial charge on any atom is -0.474 e. The number of benzene rings is 1. The summed E-state index contributed by atoms with van der Waals surface area (Å²) < 4.78 is 41.4. The molecule has 0 atom stereocenters. The summed E-state index contributed by atoms with van der Waals surface area (Å²) in [5, 5.41) is 0. The van der Waals surface area contributed by atoms with Crippen LogP contribution in [-0.4, -0.2) is 12.0 Å². The summed E-state index contributed by atoms with van der Waals surface area (Å²) in [4.78, 5) is 3.58. The Bertz CT molecular complexity index is 452. The van der Waals surface area contributed by atoms with Crippen LogP contribution in [0.15, 0.2) is 40.9 Å². The van der Waals surface area contributed by atoms with Crippen molar-refractivity contribution in [3.05, 3.63) is 36.5 Å². The molecule has 2 aromatic rings. The molecule has 0 unspecified atom stereocenters. The third-order valence-corrected chi connectivity index (χ3v) is 1.87. The molecule has 0 aliphatic carbocycles. The summed E-state index contributed by atoms with van der Waals surface area (Å²) in [6, 6.07) is 8.45. The van der Waals surface area contributed by atoms with Gasteiger partial charge in [0.25, 0.3) is 0 Å². The topological polar surface area (TPSA) is 26.0 Å². The lowest BCUT2D eigenvalue weighted by Crippen LogP contribution is -2.32. The quantitative estimate of drug-likeness (QED) is 0.714. The zero-order valence-electron chi connectivity index (χ0n) is 7.53. The fourth-order valence-electron chi connectivity index (χ4n) is 1.15. The van der Waals surface area contributed by atoms with Crippen molar-refractivity contribution in [2.75, 3.05) is 0 Å². The van der Waals surface area contributed by atoms with Crippen molar-refractivity contribution in [1.29, 1.82) is 0 Å². The van der Waals surface area contributed by atoms with Crippen molar-refractivity contribution in [2.45, 2.75) is 0 Å². The Hall–Kier alpha value is -1.72. The Morgan fingerprint density at radius 2 is 1.73 bits per heavy atom. The number of aromatic nitrogens is 1. The smallest absolute Gasteiger partial charge is 0.474 e. The molecule has 0 aliphatic heterocycles. The van der Waals surface area contributed by atoms with Crippen LogP contribution in [-0.2, 0) is 0 Å². The SMILES string of the molecule is F[B-](F)(F)c1cnc(-c2ccccc2)o1. The predicted molar refractivity (Wildman–Crippen MR) is 50.7 cm³/mol. The second-order valence-electron chi connectivity index (χ2n) is 3.01. The summed E-state index contributed by atoms with van der Waals surface area (Å²) in [6.07, 6.45) is 0.711. The fourth-order valence-corrected chi connectivity index (χ4v) is 1.15. The van der Waals surface area contributed by atoms with Gasteiger partial charge in [0.2, 0.25) is 5.89 Å². The van der Waals surface area contributed by atoms with E-state index in [0.717, 1.165) is 0 Å². The number of hydrogen-bond acceptors (Lipinski definition) is 2. The van der Waals surface area contributed by atoms with Gasteiger partial charge in [0.15, 0.2) is 0 Å². The fraction of sp³-hybridized carbons (Fsp3) is 0. The molecule has 1 heterocycles. The summed E-state index contributed by atoms with van der Waals surface area (Å²) in [6.45, 7) is -5.11. The van der Waals surface area contributed by atoms with Crippen molar-refractivity contribution < 1.29 is 17.4 Å². The summed E-state index contributed by atoms with van der Waals surface area (Å²) in [7, 11) is 0. The molecule has 1 aromatic carbocycles. The third-order valence-electron chi connectivity index (χ3n) is 1.87. The Balaban J connectivity index is 2.37.